The molecule has 0 atom stereocenters. The predicted octanol–water partition coefficient (Wildman–Crippen LogP) is 1.16. The SMILES string of the molecule is COC(=O)c1nc(C)c(C)nc1C(=O)OC.Cc1nc(C(=O)O)c(C(=O)O)nc1C. The molecule has 0 radical (unpaired) electrons. The van der Waals surface area contributed by atoms with Crippen molar-refractivity contribution in [3.05, 3.63) is 45.6 Å². The van der Waals surface area contributed by atoms with Crippen LogP contribution in [0.1, 0.15) is 64.7 Å². The van der Waals surface area contributed by atoms with Crippen LogP contribution in [0.4, 0.5) is 0 Å². The molecule has 160 valence electrons. The van der Waals surface area contributed by atoms with Gasteiger partial charge in [-0.15, -0.1) is 0 Å². The number of methoxy groups -OCH3 is 2. The minimum atomic E-state index is -1.39. The van der Waals surface area contributed by atoms with Gasteiger partial charge in [0.25, 0.3) is 0 Å². The van der Waals surface area contributed by atoms with Gasteiger partial charge in [-0.05, 0) is 27.7 Å². The van der Waals surface area contributed by atoms with Crippen LogP contribution >= 0.6 is 0 Å². The fourth-order valence-electron chi connectivity index (χ4n) is 1.98. The van der Waals surface area contributed by atoms with E-state index in [1.807, 2.05) is 0 Å². The normalized spacial score (nSPS) is 9.80. The molecule has 2 N–H and O–H groups in total. The number of carbonyl (C=O) groups excluding carboxylic acids is 2. The number of carboxylic acids is 2. The van der Waals surface area contributed by atoms with Gasteiger partial charge in [0.05, 0.1) is 37.0 Å². The van der Waals surface area contributed by atoms with Crippen LogP contribution in [0.2, 0.25) is 0 Å². The smallest absolute Gasteiger partial charge is 0.359 e. The number of carboxylic acid groups (broad SMARTS) is 2. The molecule has 0 aromatic carbocycles. The van der Waals surface area contributed by atoms with Gasteiger partial charge in [-0.3, -0.25) is 0 Å². The molecule has 0 bridgehead atoms. The van der Waals surface area contributed by atoms with E-state index in [0.717, 1.165) is 0 Å². The number of esters is 2. The number of aromatic nitrogens is 4. The number of nitrogens with zero attached hydrogens (tertiary/aromatic N) is 4. The molecule has 0 saturated heterocycles. The average molecular weight is 420 g/mol. The first kappa shape index (κ1) is 24.1. The van der Waals surface area contributed by atoms with Crippen molar-refractivity contribution in [2.24, 2.45) is 0 Å². The lowest BCUT2D eigenvalue weighted by molar-refractivity contribution is 0.0543. The van der Waals surface area contributed by atoms with Crippen molar-refractivity contribution < 1.29 is 38.9 Å². The van der Waals surface area contributed by atoms with Crippen LogP contribution in [0.5, 0.6) is 0 Å². The summed E-state index contributed by atoms with van der Waals surface area (Å²) in [6, 6.07) is 0. The van der Waals surface area contributed by atoms with Crippen LogP contribution in [0.3, 0.4) is 0 Å². The summed E-state index contributed by atoms with van der Waals surface area (Å²) < 4.78 is 9.03. The Hall–Kier alpha value is -3.96. The third kappa shape index (κ3) is 5.53. The van der Waals surface area contributed by atoms with Crippen molar-refractivity contribution in [3.63, 3.8) is 0 Å². The largest absolute Gasteiger partial charge is 0.476 e. The maximum absolute atomic E-state index is 11.4. The minimum absolute atomic E-state index is 0.127. The summed E-state index contributed by atoms with van der Waals surface area (Å²) in [5, 5.41) is 17.3. The molecule has 0 aliphatic heterocycles. The van der Waals surface area contributed by atoms with E-state index in [1.165, 1.54) is 14.2 Å². The molecule has 0 aliphatic carbocycles. The highest BCUT2D eigenvalue weighted by Gasteiger charge is 2.23. The third-order valence-corrected chi connectivity index (χ3v) is 3.78. The Labute approximate surface area is 170 Å². The first-order valence-corrected chi connectivity index (χ1v) is 8.28. The van der Waals surface area contributed by atoms with Gasteiger partial charge in [-0.1, -0.05) is 0 Å². The topological polar surface area (TPSA) is 179 Å². The summed E-state index contributed by atoms with van der Waals surface area (Å²) >= 11 is 0. The molecular weight excluding hydrogens is 400 g/mol. The highest BCUT2D eigenvalue weighted by molar-refractivity contribution is 6.00. The van der Waals surface area contributed by atoms with E-state index in [0.29, 0.717) is 22.8 Å². The first-order chi connectivity index (χ1) is 13.9. The summed E-state index contributed by atoms with van der Waals surface area (Å²) in [5.41, 5.74) is 0.636. The summed E-state index contributed by atoms with van der Waals surface area (Å²) in [5.74, 6) is -4.21. The summed E-state index contributed by atoms with van der Waals surface area (Å²) in [4.78, 5) is 59.3. The number of hydrogen-bond acceptors (Lipinski definition) is 10. The lowest BCUT2D eigenvalue weighted by atomic mass is 10.2. The first-order valence-electron chi connectivity index (χ1n) is 8.28. The fourth-order valence-corrected chi connectivity index (χ4v) is 1.98. The summed E-state index contributed by atoms with van der Waals surface area (Å²) in [6.07, 6.45) is 0. The van der Waals surface area contributed by atoms with E-state index in [-0.39, 0.29) is 11.4 Å². The molecule has 12 heteroatoms. The Kier molecular flexibility index (Phi) is 8.03. The molecule has 30 heavy (non-hydrogen) atoms. The van der Waals surface area contributed by atoms with Crippen LogP contribution in [-0.4, -0.2) is 68.2 Å². The average Bonchev–Trinajstić information content (AvgIpc) is 2.70. The second-order valence-electron chi connectivity index (χ2n) is 5.78. The zero-order valence-electron chi connectivity index (χ0n) is 17.1. The van der Waals surface area contributed by atoms with Gasteiger partial charge >= 0.3 is 23.9 Å². The Bertz CT molecular complexity index is 940. The molecule has 0 spiro atoms. The number of rotatable bonds is 4. The molecular formula is C18H20N4O8. The zero-order chi connectivity index (χ0) is 23.2. The maximum atomic E-state index is 11.4. The van der Waals surface area contributed by atoms with Gasteiger partial charge in [-0.2, -0.15) is 0 Å². The molecule has 0 saturated carbocycles. The second-order valence-corrected chi connectivity index (χ2v) is 5.78. The van der Waals surface area contributed by atoms with Gasteiger partial charge in [0.15, 0.2) is 22.8 Å². The highest BCUT2D eigenvalue weighted by atomic mass is 16.5. The Balaban J connectivity index is 0.000000303. The zero-order valence-corrected chi connectivity index (χ0v) is 17.1. The van der Waals surface area contributed by atoms with Crippen molar-refractivity contribution in [1.82, 2.24) is 19.9 Å². The summed E-state index contributed by atoms with van der Waals surface area (Å²) in [6.45, 7) is 6.52. The number of carbonyl (C=O) groups is 4. The monoisotopic (exact) mass is 420 g/mol. The Morgan fingerprint density at radius 3 is 1.00 bits per heavy atom. The van der Waals surface area contributed by atoms with Crippen molar-refractivity contribution in [3.8, 4) is 0 Å². The van der Waals surface area contributed by atoms with Crippen LogP contribution in [0.25, 0.3) is 0 Å². The standard InChI is InChI=1S/C10H12N2O4.C8H8N2O4/c1-5-6(2)12-8(10(14)16-4)7(11-5)9(13)15-3;1-3-4(2)10-6(8(13)14)5(9-3)7(11)12/h1-4H3;1-2H3,(H,11,12)(H,13,14). The van der Waals surface area contributed by atoms with Crippen molar-refractivity contribution >= 4 is 23.9 Å². The van der Waals surface area contributed by atoms with Gasteiger partial charge in [0.2, 0.25) is 0 Å². The van der Waals surface area contributed by atoms with Crippen LogP contribution in [-0.2, 0) is 9.47 Å². The van der Waals surface area contributed by atoms with E-state index in [2.05, 4.69) is 29.4 Å². The van der Waals surface area contributed by atoms with Crippen molar-refractivity contribution in [2.45, 2.75) is 27.7 Å². The van der Waals surface area contributed by atoms with E-state index in [4.69, 9.17) is 10.2 Å². The van der Waals surface area contributed by atoms with E-state index in [9.17, 15) is 19.2 Å². The molecule has 2 rings (SSSR count). The van der Waals surface area contributed by atoms with Crippen LogP contribution < -0.4 is 0 Å². The van der Waals surface area contributed by atoms with Crippen LogP contribution in [0, 0.1) is 27.7 Å². The molecule has 0 aliphatic rings. The lowest BCUT2D eigenvalue weighted by Gasteiger charge is -2.07. The van der Waals surface area contributed by atoms with Crippen LogP contribution in [0.15, 0.2) is 0 Å². The Morgan fingerprint density at radius 2 is 0.800 bits per heavy atom. The molecule has 2 heterocycles. The maximum Gasteiger partial charge on any atom is 0.359 e. The third-order valence-electron chi connectivity index (χ3n) is 3.78. The molecule has 2 aromatic rings. The molecule has 12 nitrogen and oxygen atoms in total. The number of aryl methyl sites for hydroxylation is 4. The quantitative estimate of drug-likeness (QED) is 0.675. The van der Waals surface area contributed by atoms with Gasteiger partial charge < -0.3 is 19.7 Å². The minimum Gasteiger partial charge on any atom is -0.476 e. The van der Waals surface area contributed by atoms with Gasteiger partial charge in [0.1, 0.15) is 0 Å². The molecule has 0 amide bonds. The number of aromatic carboxylic acids is 2. The fraction of sp³-hybridized carbons (Fsp3) is 0.333. The molecule has 0 fully saturated rings. The van der Waals surface area contributed by atoms with Gasteiger partial charge in [-0.25, -0.2) is 39.1 Å². The summed E-state index contributed by atoms with van der Waals surface area (Å²) in [7, 11) is 2.42. The molecule has 2 aromatic heterocycles. The van der Waals surface area contributed by atoms with E-state index < -0.39 is 35.3 Å². The molecule has 0 unspecified atom stereocenters. The van der Waals surface area contributed by atoms with Gasteiger partial charge in [0, 0.05) is 0 Å². The van der Waals surface area contributed by atoms with E-state index >= 15 is 0 Å². The van der Waals surface area contributed by atoms with Crippen molar-refractivity contribution in [2.75, 3.05) is 14.2 Å². The highest BCUT2D eigenvalue weighted by Crippen LogP contribution is 2.10. The van der Waals surface area contributed by atoms with Crippen molar-refractivity contribution in [1.29, 1.82) is 0 Å². The van der Waals surface area contributed by atoms with E-state index in [1.54, 1.807) is 27.7 Å². The predicted molar refractivity (Wildman–Crippen MR) is 99.6 cm³/mol. The number of ether oxygens (including phenoxy) is 2. The lowest BCUT2D eigenvalue weighted by Crippen LogP contribution is -2.17. The Morgan fingerprint density at radius 1 is 0.567 bits per heavy atom. The second kappa shape index (κ2) is 10.0. The number of hydrogen-bond donors (Lipinski definition) is 2.